The first-order chi connectivity index (χ1) is 12.0. The number of nitrogens with one attached hydrogen (secondary N) is 1. The molecule has 0 bridgehead atoms. The SMILES string of the molecule is Cc1cc(C)cc(OCc2csc(C(=O)NC3CCCCC3C)c2)c1. The summed E-state index contributed by atoms with van der Waals surface area (Å²) in [4.78, 5) is 13.3. The Hall–Kier alpha value is -1.81. The average Bonchev–Trinajstić information content (AvgIpc) is 3.03. The van der Waals surface area contributed by atoms with Crippen molar-refractivity contribution in [3.8, 4) is 5.75 Å². The van der Waals surface area contributed by atoms with Crippen molar-refractivity contribution < 1.29 is 9.53 Å². The first-order valence-corrected chi connectivity index (χ1v) is 9.98. The summed E-state index contributed by atoms with van der Waals surface area (Å²) in [6, 6.07) is 8.48. The molecule has 0 saturated heterocycles. The van der Waals surface area contributed by atoms with E-state index < -0.39 is 0 Å². The molecule has 1 amide bonds. The van der Waals surface area contributed by atoms with E-state index in [0.29, 0.717) is 18.6 Å². The van der Waals surface area contributed by atoms with E-state index >= 15 is 0 Å². The number of carbonyl (C=O) groups is 1. The lowest BCUT2D eigenvalue weighted by Crippen LogP contribution is -2.40. The molecule has 1 fully saturated rings. The predicted molar refractivity (Wildman–Crippen MR) is 103 cm³/mol. The molecule has 0 spiro atoms. The van der Waals surface area contributed by atoms with Crippen LogP contribution in [0.15, 0.2) is 29.6 Å². The van der Waals surface area contributed by atoms with Crippen molar-refractivity contribution in [3.05, 3.63) is 51.2 Å². The van der Waals surface area contributed by atoms with Crippen molar-refractivity contribution in [1.82, 2.24) is 5.32 Å². The van der Waals surface area contributed by atoms with Crippen LogP contribution in [0.5, 0.6) is 5.75 Å². The zero-order valence-corrected chi connectivity index (χ0v) is 16.1. The van der Waals surface area contributed by atoms with Crippen LogP contribution in [-0.4, -0.2) is 11.9 Å². The highest BCUT2D eigenvalue weighted by Gasteiger charge is 2.23. The maximum absolute atomic E-state index is 12.5. The van der Waals surface area contributed by atoms with Gasteiger partial charge in [-0.2, -0.15) is 0 Å². The smallest absolute Gasteiger partial charge is 0.261 e. The Labute approximate surface area is 154 Å². The van der Waals surface area contributed by atoms with Gasteiger partial charge in [0.2, 0.25) is 0 Å². The molecule has 25 heavy (non-hydrogen) atoms. The molecule has 2 unspecified atom stereocenters. The van der Waals surface area contributed by atoms with Crippen molar-refractivity contribution in [2.45, 2.75) is 59.1 Å². The van der Waals surface area contributed by atoms with Crippen LogP contribution in [0, 0.1) is 19.8 Å². The maximum atomic E-state index is 12.5. The van der Waals surface area contributed by atoms with E-state index in [1.165, 1.54) is 41.7 Å². The second-order valence-corrected chi connectivity index (χ2v) is 8.18. The lowest BCUT2D eigenvalue weighted by molar-refractivity contribution is 0.0914. The molecular weight excluding hydrogens is 330 g/mol. The van der Waals surface area contributed by atoms with Gasteiger partial charge in [-0.3, -0.25) is 4.79 Å². The van der Waals surface area contributed by atoms with Crippen molar-refractivity contribution in [2.24, 2.45) is 5.92 Å². The lowest BCUT2D eigenvalue weighted by Gasteiger charge is -2.29. The van der Waals surface area contributed by atoms with Gasteiger partial charge in [-0.1, -0.05) is 25.8 Å². The molecule has 1 N–H and O–H groups in total. The highest BCUT2D eigenvalue weighted by molar-refractivity contribution is 7.12. The van der Waals surface area contributed by atoms with Gasteiger partial charge in [-0.05, 0) is 67.3 Å². The Balaban J connectivity index is 1.57. The van der Waals surface area contributed by atoms with Gasteiger partial charge >= 0.3 is 0 Å². The van der Waals surface area contributed by atoms with Gasteiger partial charge < -0.3 is 10.1 Å². The van der Waals surface area contributed by atoms with Gasteiger partial charge in [-0.25, -0.2) is 0 Å². The molecule has 0 aliphatic heterocycles. The molecule has 1 aromatic heterocycles. The summed E-state index contributed by atoms with van der Waals surface area (Å²) in [7, 11) is 0. The number of hydrogen-bond acceptors (Lipinski definition) is 3. The zero-order chi connectivity index (χ0) is 17.8. The third-order valence-corrected chi connectivity index (χ3v) is 5.88. The summed E-state index contributed by atoms with van der Waals surface area (Å²) in [5, 5.41) is 5.23. The molecule has 1 aliphatic rings. The molecular formula is C21H27NO2S. The lowest BCUT2D eigenvalue weighted by atomic mass is 9.86. The fourth-order valence-corrected chi connectivity index (χ4v) is 4.32. The van der Waals surface area contributed by atoms with Gasteiger partial charge in [0.25, 0.3) is 5.91 Å². The van der Waals surface area contributed by atoms with Crippen LogP contribution in [0.4, 0.5) is 0 Å². The minimum absolute atomic E-state index is 0.0569. The molecule has 1 saturated carbocycles. The van der Waals surface area contributed by atoms with Gasteiger partial charge in [0.05, 0.1) is 4.88 Å². The minimum Gasteiger partial charge on any atom is -0.489 e. The summed E-state index contributed by atoms with van der Waals surface area (Å²) >= 11 is 1.50. The highest BCUT2D eigenvalue weighted by Crippen LogP contribution is 2.25. The molecule has 2 aromatic rings. The number of benzene rings is 1. The van der Waals surface area contributed by atoms with Gasteiger partial charge in [-0.15, -0.1) is 11.3 Å². The average molecular weight is 358 g/mol. The monoisotopic (exact) mass is 357 g/mol. The Morgan fingerprint density at radius 3 is 2.60 bits per heavy atom. The van der Waals surface area contributed by atoms with Gasteiger partial charge in [0.15, 0.2) is 0 Å². The van der Waals surface area contributed by atoms with Crippen LogP contribution < -0.4 is 10.1 Å². The third kappa shape index (κ3) is 4.85. The molecule has 134 valence electrons. The number of thiophene rings is 1. The largest absolute Gasteiger partial charge is 0.489 e. The Kier molecular flexibility index (Phi) is 5.79. The number of hydrogen-bond donors (Lipinski definition) is 1. The van der Waals surface area contributed by atoms with E-state index in [0.717, 1.165) is 22.6 Å². The Morgan fingerprint density at radius 1 is 1.16 bits per heavy atom. The van der Waals surface area contributed by atoms with Crippen LogP contribution in [0.25, 0.3) is 0 Å². The van der Waals surface area contributed by atoms with Crippen molar-refractivity contribution in [3.63, 3.8) is 0 Å². The summed E-state index contributed by atoms with van der Waals surface area (Å²) in [5.41, 5.74) is 3.44. The van der Waals surface area contributed by atoms with Crippen molar-refractivity contribution in [2.75, 3.05) is 0 Å². The van der Waals surface area contributed by atoms with Crippen molar-refractivity contribution >= 4 is 17.2 Å². The minimum atomic E-state index is 0.0569. The molecule has 1 heterocycles. The Morgan fingerprint density at radius 2 is 1.88 bits per heavy atom. The molecule has 3 rings (SSSR count). The Bertz CT molecular complexity index is 717. The summed E-state index contributed by atoms with van der Waals surface area (Å²) < 4.78 is 5.89. The molecule has 0 radical (unpaired) electrons. The predicted octanol–water partition coefficient (Wildman–Crippen LogP) is 5.25. The second kappa shape index (κ2) is 8.05. The topological polar surface area (TPSA) is 38.3 Å². The van der Waals surface area contributed by atoms with Crippen LogP contribution in [0.3, 0.4) is 0 Å². The molecule has 2 atom stereocenters. The van der Waals surface area contributed by atoms with Crippen LogP contribution in [-0.2, 0) is 6.61 Å². The molecule has 1 aromatic carbocycles. The van der Waals surface area contributed by atoms with E-state index in [-0.39, 0.29) is 5.91 Å². The molecule has 4 heteroatoms. The zero-order valence-electron chi connectivity index (χ0n) is 15.3. The normalized spacial score (nSPS) is 20.3. The van der Waals surface area contributed by atoms with Crippen molar-refractivity contribution in [1.29, 1.82) is 0 Å². The fourth-order valence-electron chi connectivity index (χ4n) is 3.52. The van der Waals surface area contributed by atoms with Crippen LogP contribution in [0.1, 0.15) is 59.0 Å². The van der Waals surface area contributed by atoms with E-state index in [9.17, 15) is 4.79 Å². The quantitative estimate of drug-likeness (QED) is 0.793. The number of carbonyl (C=O) groups excluding carboxylic acids is 1. The van der Waals surface area contributed by atoms with Crippen LogP contribution in [0.2, 0.25) is 0 Å². The number of aryl methyl sites for hydroxylation is 2. The van der Waals surface area contributed by atoms with Gasteiger partial charge in [0.1, 0.15) is 12.4 Å². The molecule has 1 aliphatic carbocycles. The fraction of sp³-hybridized carbons (Fsp3) is 0.476. The summed E-state index contributed by atoms with van der Waals surface area (Å²) in [6.07, 6.45) is 4.81. The second-order valence-electron chi connectivity index (χ2n) is 7.27. The van der Waals surface area contributed by atoms with Crippen LogP contribution >= 0.6 is 11.3 Å². The van der Waals surface area contributed by atoms with E-state index in [4.69, 9.17) is 4.74 Å². The molecule has 3 nitrogen and oxygen atoms in total. The van der Waals surface area contributed by atoms with E-state index in [1.807, 2.05) is 23.6 Å². The number of amides is 1. The first-order valence-electron chi connectivity index (χ1n) is 9.10. The third-order valence-electron chi connectivity index (χ3n) is 4.91. The van der Waals surface area contributed by atoms with E-state index in [1.54, 1.807) is 0 Å². The highest BCUT2D eigenvalue weighted by atomic mass is 32.1. The van der Waals surface area contributed by atoms with E-state index in [2.05, 4.69) is 32.2 Å². The first kappa shape index (κ1) is 18.0. The van der Waals surface area contributed by atoms with Gasteiger partial charge in [0, 0.05) is 11.6 Å². The number of ether oxygens (including phenoxy) is 1. The standard InChI is InChI=1S/C21H27NO2S/c1-14-8-15(2)10-18(9-14)24-12-17-11-20(25-13-17)21(23)22-19-7-5-4-6-16(19)3/h8-11,13,16,19H,4-7,12H2,1-3H3,(H,22,23). The summed E-state index contributed by atoms with van der Waals surface area (Å²) in [5.74, 6) is 1.51. The summed E-state index contributed by atoms with van der Waals surface area (Å²) in [6.45, 7) is 6.87. The number of rotatable bonds is 5. The maximum Gasteiger partial charge on any atom is 0.261 e.